The van der Waals surface area contributed by atoms with Gasteiger partial charge in [0.15, 0.2) is 5.75 Å². The third kappa shape index (κ3) is 6.22. The molecular formula is C14H17ClF4N2O4. The molecule has 1 aliphatic heterocycles. The molecule has 2 atom stereocenters. The van der Waals surface area contributed by atoms with Crippen molar-refractivity contribution in [2.45, 2.75) is 38.3 Å². The molecule has 1 amide bonds. The summed E-state index contributed by atoms with van der Waals surface area (Å²) in [6.45, 7) is -6.06. The van der Waals surface area contributed by atoms with Gasteiger partial charge in [-0.15, -0.1) is 12.4 Å². The highest BCUT2D eigenvalue weighted by atomic mass is 35.5. The highest BCUT2D eigenvalue weighted by molar-refractivity contribution is 5.95. The second-order valence-electron chi connectivity index (χ2n) is 4.96. The first-order valence-electron chi connectivity index (χ1n) is 7.09. The Morgan fingerprint density at radius 1 is 1.24 bits per heavy atom. The SMILES string of the molecule is Cl.NC[C@H]1CC[C@@H](C(=O)Nc2ccc(OC(F)F)cc2OC(F)F)O1. The summed E-state index contributed by atoms with van der Waals surface area (Å²) in [4.78, 5) is 12.1. The van der Waals surface area contributed by atoms with Gasteiger partial charge >= 0.3 is 13.2 Å². The van der Waals surface area contributed by atoms with E-state index in [2.05, 4.69) is 14.8 Å². The van der Waals surface area contributed by atoms with Crippen LogP contribution in [-0.4, -0.2) is 37.9 Å². The first kappa shape index (κ1) is 21.3. The van der Waals surface area contributed by atoms with E-state index >= 15 is 0 Å². The number of halogens is 5. The summed E-state index contributed by atoms with van der Waals surface area (Å²) in [5, 5.41) is 2.38. The number of benzene rings is 1. The van der Waals surface area contributed by atoms with Crippen molar-refractivity contribution in [3.05, 3.63) is 18.2 Å². The maximum atomic E-state index is 12.5. The van der Waals surface area contributed by atoms with Crippen LogP contribution in [0.1, 0.15) is 12.8 Å². The molecule has 3 N–H and O–H groups in total. The molecule has 0 bridgehead atoms. The van der Waals surface area contributed by atoms with Gasteiger partial charge in [-0.05, 0) is 25.0 Å². The summed E-state index contributed by atoms with van der Waals surface area (Å²) in [6, 6.07) is 3.06. The van der Waals surface area contributed by atoms with Crippen molar-refractivity contribution in [3.8, 4) is 11.5 Å². The van der Waals surface area contributed by atoms with Gasteiger partial charge in [-0.1, -0.05) is 0 Å². The van der Waals surface area contributed by atoms with Crippen LogP contribution in [0.25, 0.3) is 0 Å². The number of ether oxygens (including phenoxy) is 3. The standard InChI is InChI=1S/C14H16F4N2O4.ClH/c15-13(16)23-7-1-3-9(11(5-7)24-14(17)18)20-12(21)10-4-2-8(6-19)22-10;/h1,3,5,8,10,13-14H,2,4,6,19H2,(H,20,21);1H/t8-,10+;/m1./s1. The predicted molar refractivity (Wildman–Crippen MR) is 82.5 cm³/mol. The highest BCUT2D eigenvalue weighted by Gasteiger charge is 2.30. The predicted octanol–water partition coefficient (Wildman–Crippen LogP) is 2.76. The van der Waals surface area contributed by atoms with Crippen LogP contribution in [-0.2, 0) is 9.53 Å². The number of nitrogens with one attached hydrogen (secondary N) is 1. The molecule has 0 saturated carbocycles. The molecule has 11 heteroatoms. The summed E-state index contributed by atoms with van der Waals surface area (Å²) in [6.07, 6.45) is 0.0378. The number of rotatable bonds is 7. The van der Waals surface area contributed by atoms with Gasteiger partial charge in [0.1, 0.15) is 11.9 Å². The number of hydrogen-bond donors (Lipinski definition) is 2. The van der Waals surface area contributed by atoms with Gasteiger partial charge in [0.25, 0.3) is 5.91 Å². The number of alkyl halides is 4. The molecule has 2 rings (SSSR count). The van der Waals surface area contributed by atoms with Crippen LogP contribution in [0.4, 0.5) is 23.2 Å². The molecule has 0 aliphatic carbocycles. The number of amides is 1. The summed E-state index contributed by atoms with van der Waals surface area (Å²) in [5.74, 6) is -1.43. The van der Waals surface area contributed by atoms with Crippen LogP contribution in [0.2, 0.25) is 0 Å². The highest BCUT2D eigenvalue weighted by Crippen LogP contribution is 2.32. The third-order valence-electron chi connectivity index (χ3n) is 3.32. The molecule has 0 radical (unpaired) electrons. The summed E-state index contributed by atoms with van der Waals surface area (Å²) >= 11 is 0. The number of carbonyl (C=O) groups is 1. The largest absolute Gasteiger partial charge is 0.435 e. The first-order valence-corrected chi connectivity index (χ1v) is 7.09. The molecule has 0 aromatic heterocycles. The van der Waals surface area contributed by atoms with Gasteiger partial charge in [0.2, 0.25) is 0 Å². The van der Waals surface area contributed by atoms with Gasteiger partial charge in [0.05, 0.1) is 11.8 Å². The monoisotopic (exact) mass is 388 g/mol. The maximum absolute atomic E-state index is 12.5. The van der Waals surface area contributed by atoms with Gasteiger partial charge in [-0.3, -0.25) is 4.79 Å². The maximum Gasteiger partial charge on any atom is 0.387 e. The molecular weight excluding hydrogens is 372 g/mol. The Morgan fingerprint density at radius 2 is 1.92 bits per heavy atom. The minimum absolute atomic E-state index is 0. The fourth-order valence-electron chi connectivity index (χ4n) is 2.26. The smallest absolute Gasteiger partial charge is 0.387 e. The minimum atomic E-state index is -3.20. The zero-order chi connectivity index (χ0) is 17.7. The molecule has 1 heterocycles. The fourth-order valence-corrected chi connectivity index (χ4v) is 2.26. The average Bonchev–Trinajstić information content (AvgIpc) is 2.97. The number of carbonyl (C=O) groups excluding carboxylic acids is 1. The lowest BCUT2D eigenvalue weighted by Gasteiger charge is -2.16. The summed E-state index contributed by atoms with van der Waals surface area (Å²) in [5.41, 5.74) is 5.34. The van der Waals surface area contributed by atoms with Gasteiger partial charge in [0, 0.05) is 12.6 Å². The zero-order valence-electron chi connectivity index (χ0n) is 12.8. The van der Waals surface area contributed by atoms with E-state index in [0.29, 0.717) is 12.8 Å². The van der Waals surface area contributed by atoms with E-state index in [1.807, 2.05) is 0 Å². The third-order valence-corrected chi connectivity index (χ3v) is 3.32. The Hall–Kier alpha value is -1.78. The van der Waals surface area contributed by atoms with Gasteiger partial charge in [-0.2, -0.15) is 17.6 Å². The lowest BCUT2D eigenvalue weighted by molar-refractivity contribution is -0.126. The van der Waals surface area contributed by atoms with Crippen molar-refractivity contribution >= 4 is 24.0 Å². The first-order chi connectivity index (χ1) is 11.4. The molecule has 1 aliphatic rings. The number of nitrogens with two attached hydrogens (primary N) is 1. The Kier molecular flexibility index (Phi) is 8.20. The molecule has 1 saturated heterocycles. The fraction of sp³-hybridized carbons (Fsp3) is 0.500. The molecule has 1 aromatic carbocycles. The molecule has 1 aromatic rings. The summed E-state index contributed by atoms with van der Waals surface area (Å²) in [7, 11) is 0. The Bertz CT molecular complexity index is 580. The lowest BCUT2D eigenvalue weighted by atomic mass is 10.2. The van der Waals surface area contributed by atoms with Crippen LogP contribution in [0.5, 0.6) is 11.5 Å². The number of hydrogen-bond acceptors (Lipinski definition) is 5. The van der Waals surface area contributed by atoms with Crippen LogP contribution < -0.4 is 20.5 Å². The Labute approximate surface area is 147 Å². The van der Waals surface area contributed by atoms with E-state index in [9.17, 15) is 22.4 Å². The zero-order valence-corrected chi connectivity index (χ0v) is 13.6. The van der Waals surface area contributed by atoms with Crippen LogP contribution >= 0.6 is 12.4 Å². The van der Waals surface area contributed by atoms with E-state index in [1.54, 1.807) is 0 Å². The van der Waals surface area contributed by atoms with E-state index in [-0.39, 0.29) is 36.5 Å². The van der Waals surface area contributed by atoms with Crippen molar-refractivity contribution in [2.24, 2.45) is 5.73 Å². The van der Waals surface area contributed by atoms with E-state index in [0.717, 1.165) is 18.2 Å². The Morgan fingerprint density at radius 3 is 2.48 bits per heavy atom. The topological polar surface area (TPSA) is 82.8 Å². The van der Waals surface area contributed by atoms with Gasteiger partial charge < -0.3 is 25.3 Å². The summed E-state index contributed by atoms with van der Waals surface area (Å²) < 4.78 is 63.1. The van der Waals surface area contributed by atoms with E-state index < -0.39 is 31.0 Å². The second-order valence-corrected chi connectivity index (χ2v) is 4.96. The molecule has 6 nitrogen and oxygen atoms in total. The Balaban J connectivity index is 0.00000312. The lowest BCUT2D eigenvalue weighted by Crippen LogP contribution is -2.30. The molecule has 1 fully saturated rings. The minimum Gasteiger partial charge on any atom is -0.435 e. The van der Waals surface area contributed by atoms with E-state index in [4.69, 9.17) is 10.5 Å². The normalized spacial score (nSPS) is 19.6. The van der Waals surface area contributed by atoms with E-state index in [1.165, 1.54) is 0 Å². The second kappa shape index (κ2) is 9.64. The molecule has 142 valence electrons. The van der Waals surface area contributed by atoms with Crippen molar-refractivity contribution in [3.63, 3.8) is 0 Å². The number of anilines is 1. The average molecular weight is 389 g/mol. The quantitative estimate of drug-likeness (QED) is 0.702. The van der Waals surface area contributed by atoms with Crippen molar-refractivity contribution in [1.29, 1.82) is 0 Å². The van der Waals surface area contributed by atoms with Gasteiger partial charge in [-0.25, -0.2) is 0 Å². The van der Waals surface area contributed by atoms with Crippen LogP contribution in [0, 0.1) is 0 Å². The van der Waals surface area contributed by atoms with Crippen molar-refractivity contribution in [1.82, 2.24) is 0 Å². The van der Waals surface area contributed by atoms with Crippen molar-refractivity contribution < 1.29 is 36.6 Å². The molecule has 25 heavy (non-hydrogen) atoms. The van der Waals surface area contributed by atoms with Crippen molar-refractivity contribution in [2.75, 3.05) is 11.9 Å². The van der Waals surface area contributed by atoms with Crippen LogP contribution in [0.3, 0.4) is 0 Å². The molecule has 0 spiro atoms. The van der Waals surface area contributed by atoms with Crippen LogP contribution in [0.15, 0.2) is 18.2 Å². The molecule has 0 unspecified atom stereocenters.